The number of anilines is 1. The van der Waals surface area contributed by atoms with Crippen LogP contribution >= 0.6 is 0 Å². The number of alkyl carbamates (subject to hydrolysis) is 1. The van der Waals surface area contributed by atoms with Crippen molar-refractivity contribution in [3.8, 4) is 0 Å². The minimum atomic E-state index is -1.07. The summed E-state index contributed by atoms with van der Waals surface area (Å²) < 4.78 is 4.55. The van der Waals surface area contributed by atoms with Gasteiger partial charge in [0.15, 0.2) is 0 Å². The standard InChI is InChI=1S/C16H20N2O5/c1-9(2)13(17-16(22)23-3)14(19)18-11-7-5-4-6-10(11)8-12(18)15(20)21/h4-7,9,12-13H,8H2,1-3H3,(H,17,22)(H,20,21)/t12-,13?/m0/s1. The van der Waals surface area contributed by atoms with Gasteiger partial charge in [0.2, 0.25) is 0 Å². The second-order valence-corrected chi connectivity index (χ2v) is 5.75. The number of benzene rings is 1. The summed E-state index contributed by atoms with van der Waals surface area (Å²) >= 11 is 0. The summed E-state index contributed by atoms with van der Waals surface area (Å²) in [5.74, 6) is -1.75. The van der Waals surface area contributed by atoms with E-state index in [0.29, 0.717) is 5.69 Å². The van der Waals surface area contributed by atoms with Gasteiger partial charge < -0.3 is 15.2 Å². The molecule has 1 aromatic carbocycles. The number of nitrogens with one attached hydrogen (secondary N) is 1. The highest BCUT2D eigenvalue weighted by atomic mass is 16.5. The number of rotatable bonds is 4. The highest BCUT2D eigenvalue weighted by molar-refractivity contribution is 6.05. The number of carbonyl (C=O) groups is 3. The molecule has 1 aliphatic rings. The zero-order valence-corrected chi connectivity index (χ0v) is 13.3. The molecular formula is C16H20N2O5. The first kappa shape index (κ1) is 16.8. The summed E-state index contributed by atoms with van der Waals surface area (Å²) in [6, 6.07) is 5.23. The van der Waals surface area contributed by atoms with Crippen molar-refractivity contribution in [2.45, 2.75) is 32.4 Å². The first-order valence-electron chi connectivity index (χ1n) is 7.35. The van der Waals surface area contributed by atoms with Crippen molar-refractivity contribution in [3.63, 3.8) is 0 Å². The maximum atomic E-state index is 12.9. The Bertz CT molecular complexity index is 629. The van der Waals surface area contributed by atoms with Crippen LogP contribution in [0.15, 0.2) is 24.3 Å². The molecule has 0 bridgehead atoms. The Balaban J connectivity index is 2.37. The van der Waals surface area contributed by atoms with Crippen LogP contribution < -0.4 is 10.2 Å². The van der Waals surface area contributed by atoms with Crippen LogP contribution in [0.25, 0.3) is 0 Å². The number of ether oxygens (including phenoxy) is 1. The average molecular weight is 320 g/mol. The zero-order valence-electron chi connectivity index (χ0n) is 13.3. The smallest absolute Gasteiger partial charge is 0.407 e. The molecule has 7 nitrogen and oxygen atoms in total. The number of hydrogen-bond acceptors (Lipinski definition) is 4. The normalized spacial score (nSPS) is 17.6. The van der Waals surface area contributed by atoms with Gasteiger partial charge in [0.1, 0.15) is 12.1 Å². The van der Waals surface area contributed by atoms with E-state index in [2.05, 4.69) is 10.1 Å². The summed E-state index contributed by atoms with van der Waals surface area (Å²) in [5.41, 5.74) is 1.37. The van der Waals surface area contributed by atoms with Crippen LogP contribution in [0.3, 0.4) is 0 Å². The molecule has 2 amide bonds. The van der Waals surface area contributed by atoms with E-state index in [1.54, 1.807) is 38.1 Å². The number of carbonyl (C=O) groups excluding carboxylic acids is 2. The Labute approximate surface area is 134 Å². The van der Waals surface area contributed by atoms with E-state index in [1.165, 1.54) is 12.0 Å². The van der Waals surface area contributed by atoms with Crippen molar-refractivity contribution in [1.82, 2.24) is 5.32 Å². The van der Waals surface area contributed by atoms with Crippen LogP contribution in [0, 0.1) is 5.92 Å². The fourth-order valence-corrected chi connectivity index (χ4v) is 2.71. The molecule has 0 fully saturated rings. The van der Waals surface area contributed by atoms with Crippen molar-refractivity contribution in [2.24, 2.45) is 5.92 Å². The van der Waals surface area contributed by atoms with Crippen molar-refractivity contribution in [1.29, 1.82) is 0 Å². The van der Waals surface area contributed by atoms with Crippen LogP contribution in [-0.4, -0.2) is 42.3 Å². The van der Waals surface area contributed by atoms with Crippen molar-refractivity contribution in [2.75, 3.05) is 12.0 Å². The van der Waals surface area contributed by atoms with Crippen LogP contribution in [0.2, 0.25) is 0 Å². The molecule has 0 aliphatic carbocycles. The first-order chi connectivity index (χ1) is 10.9. The number of amides is 2. The predicted octanol–water partition coefficient (Wildman–Crippen LogP) is 1.41. The Morgan fingerprint density at radius 1 is 1.30 bits per heavy atom. The molecule has 0 spiro atoms. The van der Waals surface area contributed by atoms with Crippen molar-refractivity contribution < 1.29 is 24.2 Å². The lowest BCUT2D eigenvalue weighted by Crippen LogP contribution is -2.54. The molecule has 23 heavy (non-hydrogen) atoms. The van der Waals surface area contributed by atoms with E-state index in [4.69, 9.17) is 0 Å². The van der Waals surface area contributed by atoms with Gasteiger partial charge in [-0.25, -0.2) is 9.59 Å². The predicted molar refractivity (Wildman–Crippen MR) is 83.2 cm³/mol. The molecule has 2 rings (SSSR count). The lowest BCUT2D eigenvalue weighted by Gasteiger charge is -2.29. The zero-order chi connectivity index (χ0) is 17.1. The van der Waals surface area contributed by atoms with Crippen LogP contribution in [0.1, 0.15) is 19.4 Å². The molecule has 7 heteroatoms. The largest absolute Gasteiger partial charge is 0.480 e. The topological polar surface area (TPSA) is 95.9 Å². The molecule has 1 aromatic rings. The summed E-state index contributed by atoms with van der Waals surface area (Å²) in [4.78, 5) is 37.2. The second-order valence-electron chi connectivity index (χ2n) is 5.75. The fraction of sp³-hybridized carbons (Fsp3) is 0.438. The molecule has 0 saturated heterocycles. The molecule has 0 aromatic heterocycles. The molecule has 2 N–H and O–H groups in total. The Morgan fingerprint density at radius 3 is 2.52 bits per heavy atom. The summed E-state index contributed by atoms with van der Waals surface area (Å²) in [6.07, 6.45) is -0.475. The molecule has 0 saturated carbocycles. The number of para-hydroxylation sites is 1. The van der Waals surface area contributed by atoms with E-state index in [0.717, 1.165) is 5.56 Å². The summed E-state index contributed by atoms with van der Waals surface area (Å²) in [7, 11) is 1.21. The van der Waals surface area contributed by atoms with Gasteiger partial charge in [0, 0.05) is 12.1 Å². The van der Waals surface area contributed by atoms with Gasteiger partial charge in [0.25, 0.3) is 5.91 Å². The highest BCUT2D eigenvalue weighted by Crippen LogP contribution is 2.33. The van der Waals surface area contributed by atoms with Gasteiger partial charge >= 0.3 is 12.1 Å². The van der Waals surface area contributed by atoms with Crippen molar-refractivity contribution >= 4 is 23.7 Å². The second kappa shape index (κ2) is 6.68. The maximum absolute atomic E-state index is 12.9. The number of nitrogens with zero attached hydrogens (tertiary/aromatic N) is 1. The van der Waals surface area contributed by atoms with Gasteiger partial charge in [-0.05, 0) is 17.5 Å². The summed E-state index contributed by atoms with van der Waals surface area (Å²) in [5, 5.41) is 11.9. The van der Waals surface area contributed by atoms with E-state index in [9.17, 15) is 19.5 Å². The van der Waals surface area contributed by atoms with Crippen LogP contribution in [0.5, 0.6) is 0 Å². The van der Waals surface area contributed by atoms with Crippen LogP contribution in [-0.2, 0) is 20.7 Å². The van der Waals surface area contributed by atoms with Crippen molar-refractivity contribution in [3.05, 3.63) is 29.8 Å². The van der Waals surface area contributed by atoms with E-state index in [1.807, 2.05) is 0 Å². The molecule has 1 heterocycles. The van der Waals surface area contributed by atoms with Gasteiger partial charge in [-0.2, -0.15) is 0 Å². The molecule has 2 atom stereocenters. The third-order valence-electron chi connectivity index (χ3n) is 3.89. The molecule has 124 valence electrons. The Hall–Kier alpha value is -2.57. The molecule has 1 aliphatic heterocycles. The van der Waals surface area contributed by atoms with E-state index >= 15 is 0 Å². The fourth-order valence-electron chi connectivity index (χ4n) is 2.71. The maximum Gasteiger partial charge on any atom is 0.407 e. The molecule has 1 unspecified atom stereocenters. The lowest BCUT2D eigenvalue weighted by atomic mass is 10.0. The number of carboxylic acids is 1. The minimum Gasteiger partial charge on any atom is -0.480 e. The number of hydrogen-bond donors (Lipinski definition) is 2. The SMILES string of the molecule is COC(=O)NC(C(=O)N1c2ccccc2C[C@H]1C(=O)O)C(C)C. The Kier molecular flexibility index (Phi) is 4.88. The lowest BCUT2D eigenvalue weighted by molar-refractivity contribution is -0.140. The number of fused-ring (bicyclic) bond motifs is 1. The van der Waals surface area contributed by atoms with Gasteiger partial charge in [-0.3, -0.25) is 9.69 Å². The first-order valence-corrected chi connectivity index (χ1v) is 7.35. The van der Waals surface area contributed by atoms with Gasteiger partial charge in [-0.15, -0.1) is 0 Å². The third kappa shape index (κ3) is 3.28. The van der Waals surface area contributed by atoms with Gasteiger partial charge in [0.05, 0.1) is 7.11 Å². The number of carboxylic acid groups (broad SMARTS) is 1. The molecule has 0 radical (unpaired) electrons. The third-order valence-corrected chi connectivity index (χ3v) is 3.89. The minimum absolute atomic E-state index is 0.219. The monoisotopic (exact) mass is 320 g/mol. The number of aliphatic carboxylic acids is 1. The molecular weight excluding hydrogens is 300 g/mol. The van der Waals surface area contributed by atoms with E-state index < -0.39 is 30.1 Å². The van der Waals surface area contributed by atoms with Gasteiger partial charge in [-0.1, -0.05) is 32.0 Å². The Morgan fingerprint density at radius 2 is 1.96 bits per heavy atom. The highest BCUT2D eigenvalue weighted by Gasteiger charge is 2.41. The van der Waals surface area contributed by atoms with E-state index in [-0.39, 0.29) is 12.3 Å². The van der Waals surface area contributed by atoms with Crippen LogP contribution in [0.4, 0.5) is 10.5 Å². The summed E-state index contributed by atoms with van der Waals surface area (Å²) in [6.45, 7) is 3.55. The number of methoxy groups -OCH3 is 1. The quantitative estimate of drug-likeness (QED) is 0.874. The average Bonchev–Trinajstić information content (AvgIpc) is 2.91.